The van der Waals surface area contributed by atoms with Crippen molar-refractivity contribution in [2.45, 2.75) is 13.3 Å². The van der Waals surface area contributed by atoms with Gasteiger partial charge in [0.2, 0.25) is 11.8 Å². The standard InChI is InChI=1S/C14H18N2O3/c1-3-19-12-6-4-5-11(8-12)15-14(18)10-7-13(17)16(2)9-10/h4-6,8,10H,3,7,9H2,1-2H3,(H,15,18)/t10-/m1/s1. The van der Waals surface area contributed by atoms with Gasteiger partial charge in [-0.05, 0) is 19.1 Å². The smallest absolute Gasteiger partial charge is 0.229 e. The van der Waals surface area contributed by atoms with E-state index in [0.29, 0.717) is 18.8 Å². The molecule has 2 amide bonds. The molecule has 5 heteroatoms. The molecule has 0 aromatic heterocycles. The molecule has 5 nitrogen and oxygen atoms in total. The topological polar surface area (TPSA) is 58.6 Å². The second-order valence-electron chi connectivity index (χ2n) is 4.63. The van der Waals surface area contributed by atoms with Crippen molar-refractivity contribution >= 4 is 17.5 Å². The zero-order valence-corrected chi connectivity index (χ0v) is 11.2. The summed E-state index contributed by atoms with van der Waals surface area (Å²) in [5.41, 5.74) is 0.693. The number of nitrogens with one attached hydrogen (secondary N) is 1. The summed E-state index contributed by atoms with van der Waals surface area (Å²) in [6.45, 7) is 2.97. The molecule has 0 saturated carbocycles. The van der Waals surface area contributed by atoms with Crippen LogP contribution >= 0.6 is 0 Å². The highest BCUT2D eigenvalue weighted by atomic mass is 16.5. The van der Waals surface area contributed by atoms with E-state index in [2.05, 4.69) is 5.32 Å². The van der Waals surface area contributed by atoms with E-state index in [0.717, 1.165) is 5.75 Å². The predicted octanol–water partition coefficient (Wildman–Crippen LogP) is 1.50. The summed E-state index contributed by atoms with van der Waals surface area (Å²) in [4.78, 5) is 25.0. The van der Waals surface area contributed by atoms with Gasteiger partial charge in [-0.1, -0.05) is 6.07 Å². The van der Waals surface area contributed by atoms with Gasteiger partial charge in [0.05, 0.1) is 12.5 Å². The lowest BCUT2D eigenvalue weighted by atomic mass is 10.1. The van der Waals surface area contributed by atoms with Gasteiger partial charge in [0.1, 0.15) is 5.75 Å². The highest BCUT2D eigenvalue weighted by molar-refractivity contribution is 5.97. The van der Waals surface area contributed by atoms with Crippen LogP contribution in [0.1, 0.15) is 13.3 Å². The average Bonchev–Trinajstić information content (AvgIpc) is 2.71. The van der Waals surface area contributed by atoms with Crippen LogP contribution in [-0.4, -0.2) is 36.9 Å². The summed E-state index contributed by atoms with van der Waals surface area (Å²) in [7, 11) is 1.71. The highest BCUT2D eigenvalue weighted by Gasteiger charge is 2.32. The van der Waals surface area contributed by atoms with E-state index in [1.807, 2.05) is 19.1 Å². The molecule has 2 rings (SSSR count). The van der Waals surface area contributed by atoms with Gasteiger partial charge in [-0.3, -0.25) is 9.59 Å². The molecule has 1 atom stereocenters. The first-order chi connectivity index (χ1) is 9.10. The minimum atomic E-state index is -0.270. The van der Waals surface area contributed by atoms with Gasteiger partial charge in [-0.2, -0.15) is 0 Å². The van der Waals surface area contributed by atoms with Gasteiger partial charge in [0.25, 0.3) is 0 Å². The third-order valence-electron chi connectivity index (χ3n) is 3.12. The Hall–Kier alpha value is -2.04. The van der Waals surface area contributed by atoms with Crippen molar-refractivity contribution in [3.05, 3.63) is 24.3 Å². The molecule has 0 bridgehead atoms. The van der Waals surface area contributed by atoms with E-state index >= 15 is 0 Å². The van der Waals surface area contributed by atoms with E-state index < -0.39 is 0 Å². The number of hydrogen-bond acceptors (Lipinski definition) is 3. The summed E-state index contributed by atoms with van der Waals surface area (Å²) >= 11 is 0. The Morgan fingerprint density at radius 2 is 2.32 bits per heavy atom. The predicted molar refractivity (Wildman–Crippen MR) is 72.0 cm³/mol. The number of benzene rings is 1. The van der Waals surface area contributed by atoms with Gasteiger partial charge >= 0.3 is 0 Å². The lowest BCUT2D eigenvalue weighted by molar-refractivity contribution is -0.127. The van der Waals surface area contributed by atoms with E-state index in [9.17, 15) is 9.59 Å². The summed E-state index contributed by atoms with van der Waals surface area (Å²) in [5.74, 6) is 0.350. The molecule has 0 aliphatic carbocycles. The lowest BCUT2D eigenvalue weighted by Gasteiger charge is -2.12. The molecule has 1 heterocycles. The summed E-state index contributed by atoms with van der Waals surface area (Å²) in [6, 6.07) is 7.25. The van der Waals surface area contributed by atoms with E-state index in [-0.39, 0.29) is 24.2 Å². The first-order valence-corrected chi connectivity index (χ1v) is 6.38. The van der Waals surface area contributed by atoms with Gasteiger partial charge in [0, 0.05) is 31.8 Å². The normalized spacial score (nSPS) is 18.5. The van der Waals surface area contributed by atoms with E-state index in [1.165, 1.54) is 0 Å². The fraction of sp³-hybridized carbons (Fsp3) is 0.429. The molecule has 0 unspecified atom stereocenters. The lowest BCUT2D eigenvalue weighted by Crippen LogP contribution is -2.25. The van der Waals surface area contributed by atoms with Crippen LogP contribution in [0.3, 0.4) is 0 Å². The number of nitrogens with zero attached hydrogens (tertiary/aromatic N) is 1. The number of amides is 2. The number of anilines is 1. The zero-order chi connectivity index (χ0) is 13.8. The maximum Gasteiger partial charge on any atom is 0.229 e. The number of likely N-dealkylation sites (tertiary alicyclic amines) is 1. The number of carbonyl (C=O) groups is 2. The van der Waals surface area contributed by atoms with Crippen LogP contribution in [0.5, 0.6) is 5.75 Å². The molecule has 1 fully saturated rings. The van der Waals surface area contributed by atoms with Crippen molar-refractivity contribution in [1.82, 2.24) is 4.90 Å². The number of rotatable bonds is 4. The third kappa shape index (κ3) is 3.24. The van der Waals surface area contributed by atoms with Crippen LogP contribution in [0.4, 0.5) is 5.69 Å². The van der Waals surface area contributed by atoms with Crippen molar-refractivity contribution < 1.29 is 14.3 Å². The van der Waals surface area contributed by atoms with E-state index in [4.69, 9.17) is 4.74 Å². The molecule has 1 aliphatic heterocycles. The SMILES string of the molecule is CCOc1cccc(NC(=O)[C@@H]2CC(=O)N(C)C2)c1. The number of hydrogen-bond donors (Lipinski definition) is 1. The minimum Gasteiger partial charge on any atom is -0.494 e. The minimum absolute atomic E-state index is 0.0169. The molecule has 1 aromatic rings. The van der Waals surface area contributed by atoms with Crippen molar-refractivity contribution in [3.8, 4) is 5.75 Å². The molecule has 19 heavy (non-hydrogen) atoms. The van der Waals surface area contributed by atoms with E-state index in [1.54, 1.807) is 24.1 Å². The second kappa shape index (κ2) is 5.73. The third-order valence-corrected chi connectivity index (χ3v) is 3.12. The van der Waals surface area contributed by atoms with Crippen LogP contribution in [-0.2, 0) is 9.59 Å². The first kappa shape index (κ1) is 13.4. The Bertz CT molecular complexity index is 487. The number of ether oxygens (including phenoxy) is 1. The quantitative estimate of drug-likeness (QED) is 0.894. The molecule has 0 spiro atoms. The fourth-order valence-electron chi connectivity index (χ4n) is 2.11. The van der Waals surface area contributed by atoms with Crippen molar-refractivity contribution in [1.29, 1.82) is 0 Å². The molecule has 0 radical (unpaired) electrons. The summed E-state index contributed by atoms with van der Waals surface area (Å²) < 4.78 is 5.37. The molecule has 102 valence electrons. The number of carbonyl (C=O) groups excluding carboxylic acids is 2. The van der Waals surface area contributed by atoms with Gasteiger partial charge in [-0.15, -0.1) is 0 Å². The Labute approximate surface area is 112 Å². The molecular formula is C14H18N2O3. The van der Waals surface area contributed by atoms with Crippen LogP contribution in [0.2, 0.25) is 0 Å². The molecule has 1 N–H and O–H groups in total. The van der Waals surface area contributed by atoms with Gasteiger partial charge < -0.3 is 15.0 Å². The van der Waals surface area contributed by atoms with Crippen molar-refractivity contribution in [3.63, 3.8) is 0 Å². The average molecular weight is 262 g/mol. The highest BCUT2D eigenvalue weighted by Crippen LogP contribution is 2.21. The Balaban J connectivity index is 1.99. The maximum atomic E-state index is 12.0. The Kier molecular flexibility index (Phi) is 4.04. The van der Waals surface area contributed by atoms with Gasteiger partial charge in [-0.25, -0.2) is 0 Å². The second-order valence-corrected chi connectivity index (χ2v) is 4.63. The summed E-state index contributed by atoms with van der Waals surface area (Å²) in [5, 5.41) is 2.83. The van der Waals surface area contributed by atoms with Crippen LogP contribution in [0, 0.1) is 5.92 Å². The fourth-order valence-corrected chi connectivity index (χ4v) is 2.11. The largest absolute Gasteiger partial charge is 0.494 e. The molecule has 1 aliphatic rings. The van der Waals surface area contributed by atoms with Crippen LogP contribution < -0.4 is 10.1 Å². The summed E-state index contributed by atoms with van der Waals surface area (Å²) in [6.07, 6.45) is 0.285. The maximum absolute atomic E-state index is 12.0. The Morgan fingerprint density at radius 1 is 1.53 bits per heavy atom. The van der Waals surface area contributed by atoms with Gasteiger partial charge in [0.15, 0.2) is 0 Å². The van der Waals surface area contributed by atoms with Crippen LogP contribution in [0.25, 0.3) is 0 Å². The molecule has 1 aromatic carbocycles. The molecular weight excluding hydrogens is 244 g/mol. The Morgan fingerprint density at radius 3 is 2.95 bits per heavy atom. The first-order valence-electron chi connectivity index (χ1n) is 6.38. The van der Waals surface area contributed by atoms with Crippen molar-refractivity contribution in [2.75, 3.05) is 25.5 Å². The monoisotopic (exact) mass is 262 g/mol. The van der Waals surface area contributed by atoms with Crippen molar-refractivity contribution in [2.24, 2.45) is 5.92 Å². The van der Waals surface area contributed by atoms with Crippen LogP contribution in [0.15, 0.2) is 24.3 Å². The molecule has 1 saturated heterocycles. The zero-order valence-electron chi connectivity index (χ0n) is 11.2.